The van der Waals surface area contributed by atoms with Crippen molar-refractivity contribution in [3.05, 3.63) is 48.5 Å². The van der Waals surface area contributed by atoms with E-state index in [-0.39, 0.29) is 30.8 Å². The Labute approximate surface area is 185 Å². The smallest absolute Gasteiger partial charge is 0.256 e. The molecule has 32 heavy (non-hydrogen) atoms. The highest BCUT2D eigenvalue weighted by Crippen LogP contribution is 2.53. The number of hydrogen-bond acceptors (Lipinski definition) is 7. The topological polar surface area (TPSA) is 111 Å². The van der Waals surface area contributed by atoms with E-state index in [9.17, 15) is 9.90 Å². The first kappa shape index (κ1) is 21.0. The van der Waals surface area contributed by atoms with Crippen molar-refractivity contribution >= 4 is 22.9 Å². The van der Waals surface area contributed by atoms with Crippen LogP contribution in [0.5, 0.6) is 0 Å². The number of carbonyl (C=O) groups is 1. The van der Waals surface area contributed by atoms with Crippen molar-refractivity contribution in [1.29, 1.82) is 0 Å². The van der Waals surface area contributed by atoms with Gasteiger partial charge in [-0.1, -0.05) is 31.5 Å². The predicted molar refractivity (Wildman–Crippen MR) is 117 cm³/mol. The molecule has 1 aliphatic heterocycles. The number of nitrogens with one attached hydrogen (secondary N) is 1. The number of nitrogens with zero attached hydrogens (tertiary/aromatic N) is 4. The Hall–Kier alpha value is -2.88. The second-order valence-electron chi connectivity index (χ2n) is 8.58. The van der Waals surface area contributed by atoms with Crippen molar-refractivity contribution in [2.75, 3.05) is 25.1 Å². The second-order valence-corrected chi connectivity index (χ2v) is 8.58. The maximum atomic E-state index is 12.6. The van der Waals surface area contributed by atoms with E-state index in [4.69, 9.17) is 9.47 Å². The van der Waals surface area contributed by atoms with Crippen molar-refractivity contribution < 1.29 is 19.4 Å². The molecule has 0 radical (unpaired) electrons. The number of rotatable bonds is 8. The third-order valence-corrected chi connectivity index (χ3v) is 6.55. The fourth-order valence-corrected chi connectivity index (χ4v) is 4.84. The molecule has 1 unspecified atom stereocenters. The molecule has 3 heterocycles. The number of benzene rings is 1. The van der Waals surface area contributed by atoms with E-state index in [1.807, 2.05) is 22.8 Å². The molecule has 5 rings (SSSR count). The standard InChI is InChI=1S/C23H27N5O4/c1-2-3-9-31-19-18-16(10-23(19,11-29)12-32-18)28-14-26-17-20(24-13-25-21(17)28)27-22(30)15-7-5-4-6-8-15/h4-8,13-14,16,18-19,29H,2-3,9-12H2,1H3,(H,24,25,27,30)/t16-,18?,19-,23-/m1/s1. The van der Waals surface area contributed by atoms with Crippen molar-refractivity contribution in [2.24, 2.45) is 5.41 Å². The van der Waals surface area contributed by atoms with Gasteiger partial charge in [0, 0.05) is 17.6 Å². The van der Waals surface area contributed by atoms with E-state index in [0.717, 1.165) is 12.8 Å². The van der Waals surface area contributed by atoms with E-state index in [1.54, 1.807) is 18.5 Å². The van der Waals surface area contributed by atoms with Crippen molar-refractivity contribution in [2.45, 2.75) is 44.4 Å². The number of unbranched alkanes of at least 4 members (excludes halogenated alkanes) is 1. The summed E-state index contributed by atoms with van der Waals surface area (Å²) in [6.45, 7) is 3.27. The summed E-state index contributed by atoms with van der Waals surface area (Å²) in [4.78, 5) is 25.8. The minimum Gasteiger partial charge on any atom is -0.396 e. The van der Waals surface area contributed by atoms with Crippen LogP contribution in [0.2, 0.25) is 0 Å². The molecule has 2 bridgehead atoms. The van der Waals surface area contributed by atoms with Gasteiger partial charge >= 0.3 is 0 Å². The number of anilines is 1. The molecule has 1 saturated heterocycles. The summed E-state index contributed by atoms with van der Waals surface area (Å²) in [7, 11) is 0. The maximum Gasteiger partial charge on any atom is 0.256 e. The highest BCUT2D eigenvalue weighted by molar-refractivity contribution is 6.06. The molecule has 9 nitrogen and oxygen atoms in total. The molecule has 2 aliphatic rings. The van der Waals surface area contributed by atoms with E-state index in [1.165, 1.54) is 6.33 Å². The lowest BCUT2D eigenvalue weighted by molar-refractivity contribution is -0.0301. The van der Waals surface area contributed by atoms with Crippen LogP contribution >= 0.6 is 0 Å². The van der Waals surface area contributed by atoms with Gasteiger partial charge in [-0.3, -0.25) is 4.79 Å². The third-order valence-electron chi connectivity index (χ3n) is 6.55. The predicted octanol–water partition coefficient (Wildman–Crippen LogP) is 2.59. The first-order valence-electron chi connectivity index (χ1n) is 11.0. The molecule has 168 valence electrons. The van der Waals surface area contributed by atoms with Gasteiger partial charge in [0.25, 0.3) is 5.91 Å². The number of fused-ring (bicyclic) bond motifs is 3. The molecule has 2 fully saturated rings. The Bertz CT molecular complexity index is 1100. The zero-order valence-electron chi connectivity index (χ0n) is 18.0. The summed E-state index contributed by atoms with van der Waals surface area (Å²) in [5.41, 5.74) is 1.25. The van der Waals surface area contributed by atoms with Gasteiger partial charge in [0.2, 0.25) is 0 Å². The molecule has 2 aromatic heterocycles. The molecular weight excluding hydrogens is 410 g/mol. The Morgan fingerprint density at radius 2 is 2.16 bits per heavy atom. The lowest BCUT2D eigenvalue weighted by Crippen LogP contribution is -2.36. The number of hydrogen-bond donors (Lipinski definition) is 2. The van der Waals surface area contributed by atoms with Gasteiger partial charge in [-0.25, -0.2) is 15.0 Å². The van der Waals surface area contributed by atoms with Crippen LogP contribution < -0.4 is 5.32 Å². The largest absolute Gasteiger partial charge is 0.396 e. The number of aliphatic hydroxyl groups excluding tert-OH is 1. The van der Waals surface area contributed by atoms with Crippen molar-refractivity contribution in [3.63, 3.8) is 0 Å². The number of aliphatic hydroxyl groups is 1. The minimum absolute atomic E-state index is 0.0107. The van der Waals surface area contributed by atoms with Gasteiger partial charge in [-0.05, 0) is 25.0 Å². The minimum atomic E-state index is -0.420. The van der Waals surface area contributed by atoms with Crippen LogP contribution in [0.1, 0.15) is 42.6 Å². The summed E-state index contributed by atoms with van der Waals surface area (Å²) in [6.07, 6.45) is 5.52. The quantitative estimate of drug-likeness (QED) is 0.521. The Balaban J connectivity index is 1.42. The average Bonchev–Trinajstić information content (AvgIpc) is 3.50. The lowest BCUT2D eigenvalue weighted by atomic mass is 9.86. The number of imidazole rings is 1. The van der Waals surface area contributed by atoms with E-state index < -0.39 is 5.41 Å². The van der Waals surface area contributed by atoms with Crippen LogP contribution in [-0.4, -0.2) is 62.6 Å². The third kappa shape index (κ3) is 3.46. The number of aromatic nitrogens is 4. The van der Waals surface area contributed by atoms with Gasteiger partial charge < -0.3 is 24.5 Å². The lowest BCUT2D eigenvalue weighted by Gasteiger charge is -2.29. The molecule has 1 aliphatic carbocycles. The first-order valence-corrected chi connectivity index (χ1v) is 11.0. The van der Waals surface area contributed by atoms with Crippen LogP contribution in [0.25, 0.3) is 11.2 Å². The summed E-state index contributed by atoms with van der Waals surface area (Å²) >= 11 is 0. The molecule has 1 amide bonds. The summed E-state index contributed by atoms with van der Waals surface area (Å²) < 4.78 is 14.2. The molecule has 0 spiro atoms. The monoisotopic (exact) mass is 437 g/mol. The summed E-state index contributed by atoms with van der Waals surface area (Å²) in [5, 5.41) is 13.0. The molecule has 1 aromatic carbocycles. The highest BCUT2D eigenvalue weighted by Gasteiger charge is 2.61. The average molecular weight is 438 g/mol. The molecule has 1 saturated carbocycles. The number of amides is 1. The van der Waals surface area contributed by atoms with Crippen molar-refractivity contribution in [3.8, 4) is 0 Å². The first-order chi connectivity index (χ1) is 15.7. The van der Waals surface area contributed by atoms with E-state index in [0.29, 0.717) is 42.2 Å². The van der Waals surface area contributed by atoms with Gasteiger partial charge in [0.05, 0.1) is 31.7 Å². The van der Waals surface area contributed by atoms with Gasteiger partial charge in [0.15, 0.2) is 17.0 Å². The van der Waals surface area contributed by atoms with Gasteiger partial charge in [0.1, 0.15) is 12.4 Å². The number of carbonyl (C=O) groups excluding carboxylic acids is 1. The van der Waals surface area contributed by atoms with Crippen LogP contribution in [0.15, 0.2) is 43.0 Å². The molecule has 9 heteroatoms. The fourth-order valence-electron chi connectivity index (χ4n) is 4.84. The normalized spacial score (nSPS) is 26.6. The van der Waals surface area contributed by atoms with Gasteiger partial charge in [-0.2, -0.15) is 0 Å². The summed E-state index contributed by atoms with van der Waals surface area (Å²) in [5.74, 6) is 0.103. The van der Waals surface area contributed by atoms with Gasteiger partial charge in [-0.15, -0.1) is 0 Å². The highest BCUT2D eigenvalue weighted by atomic mass is 16.6. The van der Waals surface area contributed by atoms with Crippen molar-refractivity contribution in [1.82, 2.24) is 19.5 Å². The maximum absolute atomic E-state index is 12.6. The molecular formula is C23H27N5O4. The molecule has 3 aromatic rings. The van der Waals surface area contributed by atoms with Crippen LogP contribution in [-0.2, 0) is 9.47 Å². The zero-order chi connectivity index (χ0) is 22.1. The van der Waals surface area contributed by atoms with E-state index in [2.05, 4.69) is 27.2 Å². The molecule has 2 N–H and O–H groups in total. The Kier molecular flexibility index (Phi) is 5.62. The fraction of sp³-hybridized carbons (Fsp3) is 0.478. The SMILES string of the molecule is CCCCO[C@@H]1C2OC[C@]1(CO)C[C@H]2n1cnc2c(NC(=O)c3ccccc3)ncnc21. The Morgan fingerprint density at radius 3 is 2.94 bits per heavy atom. The van der Waals surface area contributed by atoms with Crippen LogP contribution in [0, 0.1) is 5.41 Å². The summed E-state index contributed by atoms with van der Waals surface area (Å²) in [6, 6.07) is 8.89. The molecule has 4 atom stereocenters. The Morgan fingerprint density at radius 1 is 1.31 bits per heavy atom. The van der Waals surface area contributed by atoms with Crippen LogP contribution in [0.3, 0.4) is 0 Å². The zero-order valence-corrected chi connectivity index (χ0v) is 18.0. The second kappa shape index (κ2) is 8.57. The van der Waals surface area contributed by atoms with E-state index >= 15 is 0 Å². The van der Waals surface area contributed by atoms with Crippen LogP contribution in [0.4, 0.5) is 5.82 Å². The number of ether oxygens (including phenoxy) is 2.